The second-order valence-electron chi connectivity index (χ2n) is 5.48. The Balaban J connectivity index is 2.08. The Bertz CT molecular complexity index is 546. The summed E-state index contributed by atoms with van der Waals surface area (Å²) in [7, 11) is -3.39. The van der Waals surface area contributed by atoms with Crippen molar-refractivity contribution in [3.63, 3.8) is 0 Å². The fourth-order valence-corrected chi connectivity index (χ4v) is 5.50. The Kier molecular flexibility index (Phi) is 5.79. The van der Waals surface area contributed by atoms with Crippen molar-refractivity contribution in [1.29, 1.82) is 0 Å². The molecule has 1 aliphatic rings. The van der Waals surface area contributed by atoms with Crippen LogP contribution in [0.2, 0.25) is 0 Å². The van der Waals surface area contributed by atoms with Crippen molar-refractivity contribution < 1.29 is 13.2 Å². The highest BCUT2D eigenvalue weighted by Crippen LogP contribution is 2.27. The number of hydrogen-bond acceptors (Lipinski definition) is 5. The Hall–Kier alpha value is -0.470. The summed E-state index contributed by atoms with van der Waals surface area (Å²) in [6, 6.07) is 3.61. The molecule has 0 saturated carbocycles. The maximum absolute atomic E-state index is 12.7. The van der Waals surface area contributed by atoms with Gasteiger partial charge in [0.2, 0.25) is 0 Å². The maximum Gasteiger partial charge on any atom is 0.252 e. The van der Waals surface area contributed by atoms with Crippen LogP contribution in [0.15, 0.2) is 16.3 Å². The highest BCUT2D eigenvalue weighted by molar-refractivity contribution is 7.91. The molecule has 1 saturated heterocycles. The monoisotopic (exact) mass is 332 g/mol. The van der Waals surface area contributed by atoms with Crippen LogP contribution in [0.4, 0.5) is 0 Å². The van der Waals surface area contributed by atoms with E-state index in [2.05, 4.69) is 12.2 Å². The first-order valence-corrected chi connectivity index (χ1v) is 9.64. The molecule has 0 unspecified atom stereocenters. The fraction of sp³-hybridized carbons (Fsp3) is 0.714. The van der Waals surface area contributed by atoms with E-state index in [9.17, 15) is 8.42 Å². The summed E-state index contributed by atoms with van der Waals surface area (Å²) in [4.78, 5) is 1.05. The molecular weight excluding hydrogens is 308 g/mol. The number of rotatable bonds is 6. The van der Waals surface area contributed by atoms with E-state index in [-0.39, 0.29) is 12.2 Å². The number of nitrogens with one attached hydrogen (secondary N) is 1. The van der Waals surface area contributed by atoms with Gasteiger partial charge in [-0.05, 0) is 38.9 Å². The van der Waals surface area contributed by atoms with Crippen LogP contribution in [0.25, 0.3) is 0 Å². The van der Waals surface area contributed by atoms with Crippen LogP contribution < -0.4 is 5.32 Å². The number of sulfonamides is 1. The first kappa shape index (κ1) is 16.9. The standard InChI is InChI=1S/C14H24N2O3S2/c1-4-7-15-8-13-5-6-14(20-13)21(17,18)16-9-11(2)19-12(3)10-16/h5-6,11-12,15H,4,7-10H2,1-3H3/t11-,12+. The van der Waals surface area contributed by atoms with Crippen LogP contribution in [0.5, 0.6) is 0 Å². The SMILES string of the molecule is CCCNCc1ccc(S(=O)(=O)N2C[C@@H](C)O[C@@H](C)C2)s1. The topological polar surface area (TPSA) is 58.6 Å². The number of ether oxygens (including phenoxy) is 1. The molecule has 0 amide bonds. The molecule has 1 aromatic heterocycles. The minimum atomic E-state index is -3.39. The molecule has 2 atom stereocenters. The van der Waals surface area contributed by atoms with Gasteiger partial charge < -0.3 is 10.1 Å². The third kappa shape index (κ3) is 4.26. The molecule has 0 spiro atoms. The minimum Gasteiger partial charge on any atom is -0.373 e. The van der Waals surface area contributed by atoms with Crippen LogP contribution in [-0.2, 0) is 21.3 Å². The molecule has 2 heterocycles. The summed E-state index contributed by atoms with van der Waals surface area (Å²) in [5.74, 6) is 0. The normalized spacial score (nSPS) is 24.3. The molecule has 1 aliphatic heterocycles. The van der Waals surface area contributed by atoms with E-state index in [1.54, 1.807) is 10.4 Å². The lowest BCUT2D eigenvalue weighted by Gasteiger charge is -2.34. The molecular formula is C14H24N2O3S2. The average molecular weight is 332 g/mol. The van der Waals surface area contributed by atoms with Gasteiger partial charge in [0.15, 0.2) is 0 Å². The summed E-state index contributed by atoms with van der Waals surface area (Å²) in [5, 5.41) is 3.29. The molecule has 120 valence electrons. The predicted octanol–water partition coefficient (Wildman–Crippen LogP) is 2.05. The van der Waals surface area contributed by atoms with Crippen molar-refractivity contribution in [2.45, 2.75) is 50.2 Å². The maximum atomic E-state index is 12.7. The van der Waals surface area contributed by atoms with Crippen molar-refractivity contribution in [3.8, 4) is 0 Å². The van der Waals surface area contributed by atoms with E-state index in [1.807, 2.05) is 19.9 Å². The summed E-state index contributed by atoms with van der Waals surface area (Å²) in [6.45, 7) is 8.45. The van der Waals surface area contributed by atoms with Gasteiger partial charge in [0.05, 0.1) is 12.2 Å². The highest BCUT2D eigenvalue weighted by atomic mass is 32.2. The van der Waals surface area contributed by atoms with Gasteiger partial charge in [-0.25, -0.2) is 8.42 Å². The lowest BCUT2D eigenvalue weighted by atomic mass is 10.3. The molecule has 2 rings (SSSR count). The van der Waals surface area contributed by atoms with Crippen LogP contribution >= 0.6 is 11.3 Å². The van der Waals surface area contributed by atoms with Gasteiger partial charge in [-0.3, -0.25) is 0 Å². The highest BCUT2D eigenvalue weighted by Gasteiger charge is 2.33. The fourth-order valence-electron chi connectivity index (χ4n) is 2.43. The first-order valence-electron chi connectivity index (χ1n) is 7.38. The van der Waals surface area contributed by atoms with E-state index >= 15 is 0 Å². The van der Waals surface area contributed by atoms with Gasteiger partial charge in [-0.1, -0.05) is 6.92 Å². The zero-order chi connectivity index (χ0) is 15.5. The van der Waals surface area contributed by atoms with Crippen molar-refractivity contribution >= 4 is 21.4 Å². The third-order valence-corrected chi connectivity index (χ3v) is 6.73. The zero-order valence-electron chi connectivity index (χ0n) is 12.8. The molecule has 7 heteroatoms. The summed E-state index contributed by atoms with van der Waals surface area (Å²) >= 11 is 1.35. The molecule has 0 aliphatic carbocycles. The van der Waals surface area contributed by atoms with Crippen LogP contribution in [-0.4, -0.2) is 44.6 Å². The van der Waals surface area contributed by atoms with E-state index in [0.717, 1.165) is 24.4 Å². The Morgan fingerprint density at radius 3 is 2.62 bits per heavy atom. The molecule has 1 aromatic rings. The second-order valence-corrected chi connectivity index (χ2v) is 8.81. The Morgan fingerprint density at radius 2 is 2.00 bits per heavy atom. The first-order chi connectivity index (χ1) is 9.93. The van der Waals surface area contributed by atoms with Gasteiger partial charge in [-0.2, -0.15) is 4.31 Å². The zero-order valence-corrected chi connectivity index (χ0v) is 14.5. The van der Waals surface area contributed by atoms with Crippen molar-refractivity contribution in [3.05, 3.63) is 17.0 Å². The van der Waals surface area contributed by atoms with Crippen molar-refractivity contribution in [2.75, 3.05) is 19.6 Å². The molecule has 0 radical (unpaired) electrons. The number of nitrogens with zero attached hydrogens (tertiary/aromatic N) is 1. The van der Waals surface area contributed by atoms with E-state index < -0.39 is 10.0 Å². The quantitative estimate of drug-likeness (QED) is 0.810. The van der Waals surface area contributed by atoms with Gasteiger partial charge in [-0.15, -0.1) is 11.3 Å². The molecule has 1 fully saturated rings. The summed E-state index contributed by atoms with van der Waals surface area (Å²) in [5.41, 5.74) is 0. The van der Waals surface area contributed by atoms with Crippen molar-refractivity contribution in [1.82, 2.24) is 9.62 Å². The Morgan fingerprint density at radius 1 is 1.33 bits per heavy atom. The smallest absolute Gasteiger partial charge is 0.252 e. The van der Waals surface area contributed by atoms with Gasteiger partial charge >= 0.3 is 0 Å². The average Bonchev–Trinajstić information content (AvgIpc) is 2.87. The molecule has 1 N–H and O–H groups in total. The van der Waals surface area contributed by atoms with E-state index in [0.29, 0.717) is 17.3 Å². The number of hydrogen-bond donors (Lipinski definition) is 1. The van der Waals surface area contributed by atoms with Crippen LogP contribution in [0.1, 0.15) is 32.1 Å². The number of morpholine rings is 1. The van der Waals surface area contributed by atoms with Gasteiger partial charge in [0.25, 0.3) is 10.0 Å². The van der Waals surface area contributed by atoms with Crippen LogP contribution in [0.3, 0.4) is 0 Å². The lowest BCUT2D eigenvalue weighted by Crippen LogP contribution is -2.47. The van der Waals surface area contributed by atoms with Crippen molar-refractivity contribution in [2.24, 2.45) is 0 Å². The summed E-state index contributed by atoms with van der Waals surface area (Å²) < 4.78 is 32.9. The molecule has 0 bridgehead atoms. The predicted molar refractivity (Wildman–Crippen MR) is 85.1 cm³/mol. The summed E-state index contributed by atoms with van der Waals surface area (Å²) in [6.07, 6.45) is 0.948. The van der Waals surface area contributed by atoms with E-state index in [1.165, 1.54) is 11.3 Å². The van der Waals surface area contributed by atoms with Gasteiger partial charge in [0, 0.05) is 24.5 Å². The Labute approximate surface area is 131 Å². The second kappa shape index (κ2) is 7.19. The third-order valence-electron chi connectivity index (χ3n) is 3.34. The minimum absolute atomic E-state index is 0.0609. The largest absolute Gasteiger partial charge is 0.373 e. The molecule has 21 heavy (non-hydrogen) atoms. The van der Waals surface area contributed by atoms with E-state index in [4.69, 9.17) is 4.74 Å². The number of thiophene rings is 1. The molecule has 0 aromatic carbocycles. The van der Waals surface area contributed by atoms with Crippen LogP contribution in [0, 0.1) is 0 Å². The molecule has 5 nitrogen and oxygen atoms in total. The van der Waals surface area contributed by atoms with Gasteiger partial charge in [0.1, 0.15) is 4.21 Å². The lowest BCUT2D eigenvalue weighted by molar-refractivity contribution is -0.0440.